The summed E-state index contributed by atoms with van der Waals surface area (Å²) in [6, 6.07) is 0. The van der Waals surface area contributed by atoms with Gasteiger partial charge in [0.25, 0.3) is 0 Å². The fourth-order valence-corrected chi connectivity index (χ4v) is 5.06. The van der Waals surface area contributed by atoms with Crippen LogP contribution in [0.2, 0.25) is 0 Å². The van der Waals surface area contributed by atoms with Gasteiger partial charge in [-0.3, -0.25) is 9.69 Å². The highest BCUT2D eigenvalue weighted by Gasteiger charge is 2.27. The Hall–Kier alpha value is -0.940. The predicted octanol–water partition coefficient (Wildman–Crippen LogP) is 3.64. The van der Waals surface area contributed by atoms with Crippen LogP contribution in [0.1, 0.15) is 68.0 Å². The van der Waals surface area contributed by atoms with Gasteiger partial charge in [0.1, 0.15) is 0 Å². The molecule has 0 atom stereocenters. The van der Waals surface area contributed by atoms with E-state index in [0.29, 0.717) is 5.91 Å². The molecule has 2 aliphatic carbocycles. The van der Waals surface area contributed by atoms with Crippen molar-refractivity contribution < 1.29 is 4.79 Å². The molecule has 0 bridgehead atoms. The summed E-state index contributed by atoms with van der Waals surface area (Å²) in [5, 5.41) is 3.57. The molecule has 1 aromatic heterocycles. The lowest BCUT2D eigenvalue weighted by Gasteiger charge is -2.34. The first-order valence-corrected chi connectivity index (χ1v) is 10.6. The van der Waals surface area contributed by atoms with Gasteiger partial charge in [-0.2, -0.15) is 0 Å². The molecule has 3 aliphatic rings. The van der Waals surface area contributed by atoms with Crippen LogP contribution in [-0.2, 0) is 11.3 Å². The zero-order valence-electron chi connectivity index (χ0n) is 14.6. The highest BCUT2D eigenvalue weighted by atomic mass is 32.1. The second-order valence-corrected chi connectivity index (χ2v) is 8.69. The lowest BCUT2D eigenvalue weighted by atomic mass is 10.0. The summed E-state index contributed by atoms with van der Waals surface area (Å²) in [5.74, 6) is 1.96. The van der Waals surface area contributed by atoms with Crippen molar-refractivity contribution >= 4 is 17.2 Å². The second-order valence-electron chi connectivity index (χ2n) is 7.80. The molecule has 4 rings (SSSR count). The average molecular weight is 348 g/mol. The van der Waals surface area contributed by atoms with Crippen LogP contribution in [0.25, 0.3) is 0 Å². The fourth-order valence-electron chi connectivity index (χ4n) is 4.08. The third kappa shape index (κ3) is 4.17. The summed E-state index contributed by atoms with van der Waals surface area (Å²) >= 11 is 1.83. The highest BCUT2D eigenvalue weighted by Crippen LogP contribution is 2.41. The topological polar surface area (TPSA) is 36.4 Å². The molecule has 0 N–H and O–H groups in total. The Balaban J connectivity index is 1.18. The summed E-state index contributed by atoms with van der Waals surface area (Å²) in [5.41, 5.74) is 1.22. The van der Waals surface area contributed by atoms with E-state index < -0.39 is 0 Å². The molecule has 0 unspecified atom stereocenters. The van der Waals surface area contributed by atoms with Gasteiger partial charge in [-0.05, 0) is 25.2 Å². The average Bonchev–Trinajstić information content (AvgIpc) is 3.13. The maximum atomic E-state index is 12.4. The van der Waals surface area contributed by atoms with Crippen LogP contribution in [0, 0.1) is 5.92 Å². The Morgan fingerprint density at radius 1 is 1.12 bits per heavy atom. The minimum absolute atomic E-state index is 0.381. The van der Waals surface area contributed by atoms with Gasteiger partial charge < -0.3 is 4.90 Å². The van der Waals surface area contributed by atoms with Gasteiger partial charge in [0.2, 0.25) is 5.91 Å². The Morgan fingerprint density at radius 2 is 1.88 bits per heavy atom. The van der Waals surface area contributed by atoms with Crippen LogP contribution in [0.3, 0.4) is 0 Å². The SMILES string of the molecule is O=C(CCC1CCCC1)N1CCN(Cc2csc(C3CC3)n2)CC1. The van der Waals surface area contributed by atoms with Crippen molar-refractivity contribution in [3.63, 3.8) is 0 Å². The van der Waals surface area contributed by atoms with Crippen molar-refractivity contribution in [1.82, 2.24) is 14.8 Å². The lowest BCUT2D eigenvalue weighted by molar-refractivity contribution is -0.133. The van der Waals surface area contributed by atoms with Gasteiger partial charge in [0.15, 0.2) is 0 Å². The third-order valence-electron chi connectivity index (χ3n) is 5.85. The maximum absolute atomic E-state index is 12.4. The molecule has 1 amide bonds. The van der Waals surface area contributed by atoms with Crippen LogP contribution < -0.4 is 0 Å². The predicted molar refractivity (Wildman–Crippen MR) is 97.1 cm³/mol. The zero-order chi connectivity index (χ0) is 16.4. The number of hydrogen-bond acceptors (Lipinski definition) is 4. The van der Waals surface area contributed by atoms with Crippen molar-refractivity contribution in [3.8, 4) is 0 Å². The number of nitrogens with zero attached hydrogens (tertiary/aromatic N) is 3. The molecule has 2 heterocycles. The van der Waals surface area contributed by atoms with Gasteiger partial charge in [-0.25, -0.2) is 4.98 Å². The van der Waals surface area contributed by atoms with E-state index in [4.69, 9.17) is 4.98 Å². The Morgan fingerprint density at radius 3 is 2.58 bits per heavy atom. The molecule has 1 aliphatic heterocycles. The normalized spacial score (nSPS) is 23.1. The molecule has 2 saturated carbocycles. The van der Waals surface area contributed by atoms with Crippen molar-refractivity contribution in [1.29, 1.82) is 0 Å². The smallest absolute Gasteiger partial charge is 0.222 e. The molecule has 1 saturated heterocycles. The molecule has 1 aromatic rings. The van der Waals surface area contributed by atoms with E-state index in [9.17, 15) is 4.79 Å². The number of hydrogen-bond donors (Lipinski definition) is 0. The number of aromatic nitrogens is 1. The molecule has 24 heavy (non-hydrogen) atoms. The molecule has 0 aromatic carbocycles. The number of thiazole rings is 1. The van der Waals surface area contributed by atoms with Crippen molar-refractivity contribution in [3.05, 3.63) is 16.1 Å². The minimum atomic E-state index is 0.381. The van der Waals surface area contributed by atoms with E-state index in [1.165, 1.54) is 49.2 Å². The van der Waals surface area contributed by atoms with Crippen LogP contribution in [0.5, 0.6) is 0 Å². The first kappa shape index (κ1) is 16.5. The number of carbonyl (C=O) groups is 1. The first-order valence-electron chi connectivity index (χ1n) is 9.72. The molecule has 0 spiro atoms. The van der Waals surface area contributed by atoms with E-state index in [0.717, 1.165) is 57.4 Å². The number of carbonyl (C=O) groups excluding carboxylic acids is 1. The minimum Gasteiger partial charge on any atom is -0.340 e. The van der Waals surface area contributed by atoms with Gasteiger partial charge >= 0.3 is 0 Å². The van der Waals surface area contributed by atoms with Crippen molar-refractivity contribution in [2.75, 3.05) is 26.2 Å². The van der Waals surface area contributed by atoms with Crippen LogP contribution in [0.15, 0.2) is 5.38 Å². The molecule has 0 radical (unpaired) electrons. The maximum Gasteiger partial charge on any atom is 0.222 e. The van der Waals surface area contributed by atoms with Gasteiger partial charge in [-0.1, -0.05) is 25.7 Å². The summed E-state index contributed by atoms with van der Waals surface area (Å²) in [7, 11) is 0. The summed E-state index contributed by atoms with van der Waals surface area (Å²) in [4.78, 5) is 21.7. The standard InChI is InChI=1S/C19H29N3OS/c23-18(8-5-15-3-1-2-4-15)22-11-9-21(10-12-22)13-17-14-24-19(20-17)16-6-7-16/h14-16H,1-13H2. The largest absolute Gasteiger partial charge is 0.340 e. The Kier molecular flexibility index (Phi) is 5.18. The molecular formula is C19H29N3OS. The molecule has 5 heteroatoms. The second kappa shape index (κ2) is 7.52. The van der Waals surface area contributed by atoms with Gasteiger partial charge in [-0.15, -0.1) is 11.3 Å². The highest BCUT2D eigenvalue weighted by molar-refractivity contribution is 7.09. The zero-order valence-corrected chi connectivity index (χ0v) is 15.4. The van der Waals surface area contributed by atoms with Crippen LogP contribution in [-0.4, -0.2) is 46.9 Å². The number of amides is 1. The molecule has 132 valence electrons. The number of piperazine rings is 1. The summed E-state index contributed by atoms with van der Waals surface area (Å²) in [6.45, 7) is 4.72. The van der Waals surface area contributed by atoms with Crippen molar-refractivity contribution in [2.45, 2.75) is 63.8 Å². The van der Waals surface area contributed by atoms with E-state index in [2.05, 4.69) is 15.2 Å². The fraction of sp³-hybridized carbons (Fsp3) is 0.789. The molecule has 4 nitrogen and oxygen atoms in total. The van der Waals surface area contributed by atoms with E-state index in [1.54, 1.807) is 0 Å². The third-order valence-corrected chi connectivity index (χ3v) is 6.90. The quantitative estimate of drug-likeness (QED) is 0.788. The summed E-state index contributed by atoms with van der Waals surface area (Å²) in [6.07, 6.45) is 9.97. The van der Waals surface area contributed by atoms with Crippen LogP contribution >= 0.6 is 11.3 Å². The summed E-state index contributed by atoms with van der Waals surface area (Å²) < 4.78 is 0. The first-order chi connectivity index (χ1) is 11.8. The Bertz CT molecular complexity index is 555. The Labute approximate surface area is 149 Å². The van der Waals surface area contributed by atoms with Gasteiger partial charge in [0, 0.05) is 50.4 Å². The lowest BCUT2D eigenvalue weighted by Crippen LogP contribution is -2.48. The van der Waals surface area contributed by atoms with Crippen molar-refractivity contribution in [2.24, 2.45) is 5.92 Å². The van der Waals surface area contributed by atoms with Crippen LogP contribution in [0.4, 0.5) is 0 Å². The monoisotopic (exact) mass is 347 g/mol. The van der Waals surface area contributed by atoms with E-state index >= 15 is 0 Å². The molecule has 3 fully saturated rings. The molecular weight excluding hydrogens is 318 g/mol. The van der Waals surface area contributed by atoms with Gasteiger partial charge in [0.05, 0.1) is 10.7 Å². The number of rotatable bonds is 6. The van der Waals surface area contributed by atoms with E-state index in [1.807, 2.05) is 11.3 Å². The van der Waals surface area contributed by atoms with E-state index in [-0.39, 0.29) is 0 Å².